The lowest BCUT2D eigenvalue weighted by Gasteiger charge is -2.30. The van der Waals surface area contributed by atoms with E-state index in [1.807, 2.05) is 0 Å². The molecule has 24 heavy (non-hydrogen) atoms. The maximum absolute atomic E-state index is 12.0. The van der Waals surface area contributed by atoms with Gasteiger partial charge in [0.25, 0.3) is 5.56 Å². The van der Waals surface area contributed by atoms with Crippen LogP contribution < -0.4 is 5.56 Å². The number of aromatic amines is 2. The molecule has 1 radical (unpaired) electrons. The third kappa shape index (κ3) is 3.02. The first kappa shape index (κ1) is 15.2. The van der Waals surface area contributed by atoms with Gasteiger partial charge in [-0.1, -0.05) is 13.0 Å². The van der Waals surface area contributed by atoms with Crippen molar-refractivity contribution in [2.45, 2.75) is 26.3 Å². The van der Waals surface area contributed by atoms with Crippen LogP contribution in [0.1, 0.15) is 25.3 Å². The fraction of sp³-hybridized carbons (Fsp3) is 0.350. The van der Waals surface area contributed by atoms with Gasteiger partial charge in [0, 0.05) is 29.7 Å². The highest BCUT2D eigenvalue weighted by atomic mass is 16.1. The highest BCUT2D eigenvalue weighted by Gasteiger charge is 2.16. The van der Waals surface area contributed by atoms with Crippen molar-refractivity contribution in [3.05, 3.63) is 58.5 Å². The first-order chi connectivity index (χ1) is 11.7. The highest BCUT2D eigenvalue weighted by Crippen LogP contribution is 2.24. The van der Waals surface area contributed by atoms with Gasteiger partial charge in [0.1, 0.15) is 0 Å². The number of piperidine rings is 1. The molecule has 0 bridgehead atoms. The third-order valence-corrected chi connectivity index (χ3v) is 5.02. The van der Waals surface area contributed by atoms with Gasteiger partial charge in [0.2, 0.25) is 0 Å². The SMILES string of the molecule is CC1CCN(Cc2ccc3[nH]c(-c4c[c]c[nH]c4=O)cc3c2)CC1. The Bertz CT molecular complexity index is 900. The molecular weight excluding hydrogens is 298 g/mol. The Balaban J connectivity index is 1.60. The van der Waals surface area contributed by atoms with Crippen molar-refractivity contribution in [1.82, 2.24) is 14.9 Å². The summed E-state index contributed by atoms with van der Waals surface area (Å²) in [5.41, 5.74) is 3.76. The molecule has 3 heterocycles. The number of pyridine rings is 1. The lowest BCUT2D eigenvalue weighted by Crippen LogP contribution is -2.32. The van der Waals surface area contributed by atoms with Gasteiger partial charge < -0.3 is 9.97 Å². The van der Waals surface area contributed by atoms with Crippen LogP contribution in [-0.4, -0.2) is 28.0 Å². The number of hydrogen-bond acceptors (Lipinski definition) is 2. The Kier molecular flexibility index (Phi) is 3.98. The molecule has 4 nitrogen and oxygen atoms in total. The molecule has 1 aliphatic rings. The maximum Gasteiger partial charge on any atom is 0.257 e. The van der Waals surface area contributed by atoms with Gasteiger partial charge in [-0.15, -0.1) is 0 Å². The standard InChI is InChI=1S/C20H22N3O/c1-14-6-9-23(10-7-14)13-15-4-5-18-16(11-15)12-19(22-18)17-3-2-8-21-20(17)24/h3-5,8,11-12,14,22H,6-7,9-10,13H2,1H3,(H,21,24). The second-order valence-electron chi connectivity index (χ2n) is 6.91. The fourth-order valence-electron chi connectivity index (χ4n) is 3.48. The summed E-state index contributed by atoms with van der Waals surface area (Å²) in [6, 6.07) is 13.2. The van der Waals surface area contributed by atoms with E-state index in [1.54, 1.807) is 6.07 Å². The van der Waals surface area contributed by atoms with Crippen molar-refractivity contribution < 1.29 is 0 Å². The molecule has 3 aromatic rings. The van der Waals surface area contributed by atoms with Crippen LogP contribution in [0.2, 0.25) is 0 Å². The molecule has 123 valence electrons. The number of nitrogens with zero attached hydrogens (tertiary/aromatic N) is 1. The van der Waals surface area contributed by atoms with Crippen molar-refractivity contribution in [3.63, 3.8) is 0 Å². The summed E-state index contributed by atoms with van der Waals surface area (Å²) >= 11 is 0. The molecule has 1 fully saturated rings. The highest BCUT2D eigenvalue weighted by molar-refractivity contribution is 5.86. The van der Waals surface area contributed by atoms with Crippen molar-refractivity contribution >= 4 is 10.9 Å². The molecule has 1 aliphatic heterocycles. The van der Waals surface area contributed by atoms with E-state index < -0.39 is 0 Å². The van der Waals surface area contributed by atoms with E-state index in [4.69, 9.17) is 0 Å². The summed E-state index contributed by atoms with van der Waals surface area (Å²) in [6.45, 7) is 5.72. The van der Waals surface area contributed by atoms with Crippen LogP contribution in [0.5, 0.6) is 0 Å². The molecular formula is C20H22N3O. The zero-order valence-corrected chi connectivity index (χ0v) is 13.9. The predicted octanol–water partition coefficient (Wildman–Crippen LogP) is 3.56. The molecule has 0 spiro atoms. The van der Waals surface area contributed by atoms with Crippen LogP contribution in [0.4, 0.5) is 0 Å². The molecule has 2 aromatic heterocycles. The van der Waals surface area contributed by atoms with Crippen LogP contribution in [0.3, 0.4) is 0 Å². The summed E-state index contributed by atoms with van der Waals surface area (Å²) in [4.78, 5) is 20.5. The Labute approximate surface area is 141 Å². The van der Waals surface area contributed by atoms with Crippen LogP contribution in [0.15, 0.2) is 41.3 Å². The first-order valence-electron chi connectivity index (χ1n) is 8.62. The topological polar surface area (TPSA) is 51.9 Å². The second kappa shape index (κ2) is 6.29. The second-order valence-corrected chi connectivity index (χ2v) is 6.91. The molecule has 1 saturated heterocycles. The van der Waals surface area contributed by atoms with E-state index in [9.17, 15) is 4.79 Å². The van der Waals surface area contributed by atoms with Crippen LogP contribution in [0, 0.1) is 12.0 Å². The molecule has 0 amide bonds. The monoisotopic (exact) mass is 320 g/mol. The number of benzene rings is 1. The van der Waals surface area contributed by atoms with Gasteiger partial charge in [-0.05, 0) is 61.7 Å². The molecule has 0 atom stereocenters. The number of hydrogen-bond donors (Lipinski definition) is 2. The number of aromatic nitrogens is 2. The van der Waals surface area contributed by atoms with E-state index >= 15 is 0 Å². The van der Waals surface area contributed by atoms with Gasteiger partial charge >= 0.3 is 0 Å². The minimum absolute atomic E-state index is 0.0945. The molecule has 0 aliphatic carbocycles. The fourth-order valence-corrected chi connectivity index (χ4v) is 3.48. The summed E-state index contributed by atoms with van der Waals surface area (Å²) in [5, 5.41) is 1.15. The average molecular weight is 320 g/mol. The minimum Gasteiger partial charge on any atom is -0.354 e. The van der Waals surface area contributed by atoms with Crippen LogP contribution >= 0.6 is 0 Å². The Morgan fingerprint density at radius 1 is 1.25 bits per heavy atom. The minimum atomic E-state index is -0.0945. The summed E-state index contributed by atoms with van der Waals surface area (Å²) < 4.78 is 0. The summed E-state index contributed by atoms with van der Waals surface area (Å²) in [6.07, 6.45) is 4.12. The number of rotatable bonds is 3. The normalized spacial score (nSPS) is 16.7. The van der Waals surface area contributed by atoms with E-state index in [0.717, 1.165) is 29.1 Å². The lowest BCUT2D eigenvalue weighted by molar-refractivity contribution is 0.185. The number of fused-ring (bicyclic) bond motifs is 1. The van der Waals surface area contributed by atoms with Crippen molar-refractivity contribution in [1.29, 1.82) is 0 Å². The van der Waals surface area contributed by atoms with Crippen molar-refractivity contribution in [2.24, 2.45) is 5.92 Å². The lowest BCUT2D eigenvalue weighted by atomic mass is 9.99. The number of H-pyrrole nitrogens is 2. The molecule has 4 rings (SSSR count). The largest absolute Gasteiger partial charge is 0.354 e. The molecule has 0 saturated carbocycles. The third-order valence-electron chi connectivity index (χ3n) is 5.02. The van der Waals surface area contributed by atoms with Gasteiger partial charge in [0.05, 0.1) is 11.3 Å². The molecule has 4 heteroatoms. The Hall–Kier alpha value is -2.33. The quantitative estimate of drug-likeness (QED) is 0.775. The van der Waals surface area contributed by atoms with E-state index in [-0.39, 0.29) is 5.56 Å². The van der Waals surface area contributed by atoms with Gasteiger partial charge in [0.15, 0.2) is 0 Å². The zero-order valence-electron chi connectivity index (χ0n) is 13.9. The van der Waals surface area contributed by atoms with Gasteiger partial charge in [-0.25, -0.2) is 0 Å². The van der Waals surface area contributed by atoms with E-state index in [0.29, 0.717) is 5.56 Å². The van der Waals surface area contributed by atoms with Gasteiger partial charge in [-0.2, -0.15) is 0 Å². The summed E-state index contributed by atoms with van der Waals surface area (Å²) in [5.74, 6) is 0.858. The molecule has 0 unspecified atom stereocenters. The van der Waals surface area contributed by atoms with Gasteiger partial charge in [-0.3, -0.25) is 9.69 Å². The Morgan fingerprint density at radius 3 is 2.88 bits per heavy atom. The molecule has 1 aromatic carbocycles. The zero-order chi connectivity index (χ0) is 16.5. The van der Waals surface area contributed by atoms with E-state index in [1.165, 1.54) is 37.7 Å². The van der Waals surface area contributed by atoms with Crippen molar-refractivity contribution in [3.8, 4) is 11.3 Å². The maximum atomic E-state index is 12.0. The number of nitrogens with one attached hydrogen (secondary N) is 2. The summed E-state index contributed by atoms with van der Waals surface area (Å²) in [7, 11) is 0. The van der Waals surface area contributed by atoms with E-state index in [2.05, 4.69) is 52.1 Å². The molecule has 2 N–H and O–H groups in total. The average Bonchev–Trinajstić information content (AvgIpc) is 3.00. The van der Waals surface area contributed by atoms with Crippen LogP contribution in [-0.2, 0) is 6.54 Å². The van der Waals surface area contributed by atoms with Crippen molar-refractivity contribution in [2.75, 3.05) is 13.1 Å². The Morgan fingerprint density at radius 2 is 2.08 bits per heavy atom. The smallest absolute Gasteiger partial charge is 0.257 e. The van der Waals surface area contributed by atoms with Crippen LogP contribution in [0.25, 0.3) is 22.2 Å². The predicted molar refractivity (Wildman–Crippen MR) is 96.9 cm³/mol. The number of likely N-dealkylation sites (tertiary alicyclic amines) is 1. The first-order valence-corrected chi connectivity index (χ1v) is 8.62.